The predicted octanol–water partition coefficient (Wildman–Crippen LogP) is -0.553. The average molecular weight is 388 g/mol. The van der Waals surface area contributed by atoms with Crippen LogP contribution in [0.1, 0.15) is 0 Å². The van der Waals surface area contributed by atoms with Gasteiger partial charge in [0.05, 0.1) is 0 Å². The fourth-order valence-corrected chi connectivity index (χ4v) is 5.30. The van der Waals surface area contributed by atoms with Crippen molar-refractivity contribution in [2.75, 3.05) is 0 Å². The molecular formula is H4O12S6. The molecule has 0 aromatic heterocycles. The van der Waals surface area contributed by atoms with E-state index < -0.39 is 39.8 Å². The molecule has 0 aromatic rings. The average Bonchev–Trinajstić information content (AvgIpc) is 2.54. The third-order valence-corrected chi connectivity index (χ3v) is 5.66. The van der Waals surface area contributed by atoms with Gasteiger partial charge in [-0.25, -0.2) is 0 Å². The van der Waals surface area contributed by atoms with Crippen LogP contribution in [-0.4, -0.2) is 39.3 Å². The summed E-state index contributed by atoms with van der Waals surface area (Å²) in [6.07, 6.45) is 0. The van der Waals surface area contributed by atoms with Gasteiger partial charge in [-0.15, -0.1) is 7.26 Å². The lowest BCUT2D eigenvalue weighted by atomic mass is 15.7. The van der Waals surface area contributed by atoms with E-state index in [-0.39, 0.29) is 11.1 Å². The first-order valence-electron chi connectivity index (χ1n) is 2.90. The highest BCUT2D eigenvalue weighted by molar-refractivity contribution is 8.99. The molecule has 1 heterocycles. The van der Waals surface area contributed by atoms with Crippen LogP contribution in [0.5, 0.6) is 0 Å². The fourth-order valence-electron chi connectivity index (χ4n) is 0.290. The molecular weight excluding hydrogens is 384 g/mol. The minimum atomic E-state index is -4.90. The van der Waals surface area contributed by atoms with Crippen LogP contribution in [0.2, 0.25) is 0 Å². The predicted molar refractivity (Wildman–Crippen MR) is 62.3 cm³/mol. The minimum absolute atomic E-state index is 0.230. The van der Waals surface area contributed by atoms with Gasteiger partial charge < -0.3 is 0 Å². The molecule has 4 N–H and O–H groups in total. The van der Waals surface area contributed by atoms with E-state index in [4.69, 9.17) is 22.4 Å². The van der Waals surface area contributed by atoms with Gasteiger partial charge in [-0.3, -0.25) is 18.2 Å². The molecule has 1 fully saturated rings. The summed E-state index contributed by atoms with van der Waals surface area (Å²) in [6.45, 7) is 0. The van der Waals surface area contributed by atoms with E-state index in [2.05, 4.69) is 22.1 Å². The Morgan fingerprint density at radius 3 is 1.28 bits per heavy atom. The van der Waals surface area contributed by atoms with E-state index >= 15 is 0 Å². The largest absolute Gasteiger partial charge is 0.411 e. The van der Waals surface area contributed by atoms with Gasteiger partial charge in [-0.1, -0.05) is 0 Å². The summed E-state index contributed by atoms with van der Waals surface area (Å²) in [6, 6.07) is 0. The Hall–Kier alpha value is 0.690. The van der Waals surface area contributed by atoms with Crippen LogP contribution < -0.4 is 0 Å². The van der Waals surface area contributed by atoms with Crippen LogP contribution in [0, 0.1) is 0 Å². The van der Waals surface area contributed by atoms with Gasteiger partial charge in [0.1, 0.15) is 11.1 Å². The molecule has 1 aliphatic rings. The van der Waals surface area contributed by atoms with Crippen molar-refractivity contribution in [1.82, 2.24) is 0 Å². The lowest BCUT2D eigenvalue weighted by Crippen LogP contribution is -2.07. The summed E-state index contributed by atoms with van der Waals surface area (Å²) in [4.78, 5) is 0. The Morgan fingerprint density at radius 1 is 0.944 bits per heavy atom. The molecule has 0 atom stereocenters. The van der Waals surface area contributed by atoms with Crippen molar-refractivity contribution in [3.05, 3.63) is 0 Å². The van der Waals surface area contributed by atoms with Crippen LogP contribution in [0.4, 0.5) is 0 Å². The maximum atomic E-state index is 10.1. The molecule has 1 aliphatic heterocycles. The van der Waals surface area contributed by atoms with Crippen LogP contribution >= 0.6 is 21.0 Å². The molecule has 0 bridgehead atoms. The first-order valence-corrected chi connectivity index (χ1v) is 10.7. The Morgan fingerprint density at radius 2 is 1.17 bits per heavy atom. The first-order chi connectivity index (χ1) is 7.62. The van der Waals surface area contributed by atoms with Crippen LogP contribution in [-0.2, 0) is 51.9 Å². The minimum Gasteiger partial charge on any atom is -0.285 e. The molecule has 0 saturated carbocycles. The van der Waals surface area contributed by atoms with Gasteiger partial charge in [0.2, 0.25) is 9.90 Å². The second-order valence-corrected chi connectivity index (χ2v) is 10.1. The summed E-state index contributed by atoms with van der Waals surface area (Å²) in [5, 5.41) is 0. The van der Waals surface area contributed by atoms with Gasteiger partial charge in [-0.05, 0) is 0 Å². The Labute approximate surface area is 112 Å². The molecule has 0 spiro atoms. The third kappa shape index (κ3) is 13.1. The van der Waals surface area contributed by atoms with Crippen molar-refractivity contribution in [2.45, 2.75) is 0 Å². The standard InChI is InChI=1S/H2O9S4.H2O3S2/c1-11(2,3)8-13(7-10-13)9-12(4,5)6;1-5(2,3)4/h(H,1,2,3)(H,4,5,6);(H2,1,2,3,4). The maximum Gasteiger partial charge on any atom is 0.411 e. The highest BCUT2D eigenvalue weighted by atomic mass is 33.2. The zero-order valence-electron chi connectivity index (χ0n) is 7.50. The number of hydrogen-bond acceptors (Lipinski definition) is 10. The lowest BCUT2D eigenvalue weighted by molar-refractivity contribution is 0.357. The summed E-state index contributed by atoms with van der Waals surface area (Å²) >= 11 is 3.70. The molecule has 18 heteroatoms. The van der Waals surface area contributed by atoms with Gasteiger partial charge in [-0.2, -0.15) is 24.7 Å². The Bertz CT molecular complexity index is 524. The van der Waals surface area contributed by atoms with Gasteiger partial charge in [0.15, 0.2) is 0 Å². The van der Waals surface area contributed by atoms with Crippen LogP contribution in [0.15, 0.2) is 0 Å². The molecule has 18 heavy (non-hydrogen) atoms. The number of hydrogen-bond donors (Lipinski definition) is 4. The molecule has 0 unspecified atom stereocenters. The van der Waals surface area contributed by atoms with E-state index in [9.17, 15) is 16.8 Å². The molecule has 0 aromatic carbocycles. The van der Waals surface area contributed by atoms with Gasteiger partial charge >= 0.3 is 20.8 Å². The summed E-state index contributed by atoms with van der Waals surface area (Å²) < 4.78 is 92.0. The summed E-state index contributed by atoms with van der Waals surface area (Å²) in [5.74, 6) is 0. The first kappa shape index (κ1) is 18.7. The summed E-state index contributed by atoms with van der Waals surface area (Å²) in [7, 11) is -17.0. The van der Waals surface area contributed by atoms with E-state index in [1.165, 1.54) is 0 Å². The van der Waals surface area contributed by atoms with Crippen molar-refractivity contribution in [3.8, 4) is 0 Å². The van der Waals surface area contributed by atoms with Crippen molar-refractivity contribution < 1.29 is 50.1 Å². The second kappa shape index (κ2) is 5.99. The normalized spacial score (nSPS) is 20.4. The smallest absolute Gasteiger partial charge is 0.285 e. The number of rotatable bonds is 4. The van der Waals surface area contributed by atoms with Crippen molar-refractivity contribution >= 4 is 62.0 Å². The van der Waals surface area contributed by atoms with Crippen molar-refractivity contribution in [3.63, 3.8) is 0 Å². The zero-order chi connectivity index (χ0) is 14.8. The molecule has 0 amide bonds. The van der Waals surface area contributed by atoms with Crippen molar-refractivity contribution in [1.29, 1.82) is 0 Å². The zero-order valence-corrected chi connectivity index (χ0v) is 12.4. The monoisotopic (exact) mass is 388 g/mol. The van der Waals surface area contributed by atoms with Gasteiger partial charge in [0.25, 0.3) is 9.05 Å². The SMILES string of the molecule is O=S(=O)(O)OS1(OS(=O)(=O)O)OS1.O=S(O)(O)=S. The molecule has 112 valence electrons. The molecule has 12 nitrogen and oxygen atoms in total. The van der Waals surface area contributed by atoms with E-state index in [0.29, 0.717) is 0 Å². The topological polar surface area (TPSA) is 197 Å². The highest BCUT2D eigenvalue weighted by Gasteiger charge is 2.54. The lowest BCUT2D eigenvalue weighted by Gasteiger charge is -2.07. The molecule has 1 rings (SSSR count). The van der Waals surface area contributed by atoms with E-state index in [0.717, 1.165) is 0 Å². The highest BCUT2D eigenvalue weighted by Crippen LogP contribution is 2.82. The second-order valence-electron chi connectivity index (χ2n) is 1.98. The van der Waals surface area contributed by atoms with E-state index in [1.807, 2.05) is 0 Å². The molecule has 0 radical (unpaired) electrons. The fraction of sp³-hybridized carbons (Fsp3) is 0. The van der Waals surface area contributed by atoms with Gasteiger partial charge in [0, 0.05) is 11.2 Å². The molecule has 1 saturated heterocycles. The maximum absolute atomic E-state index is 10.1. The summed E-state index contributed by atoms with van der Waals surface area (Å²) in [5.41, 5.74) is 0. The Balaban J connectivity index is 0.000000494. The molecule has 0 aliphatic carbocycles. The van der Waals surface area contributed by atoms with Crippen LogP contribution in [0.3, 0.4) is 0 Å². The van der Waals surface area contributed by atoms with Crippen molar-refractivity contribution in [2.24, 2.45) is 0 Å². The van der Waals surface area contributed by atoms with E-state index in [1.54, 1.807) is 0 Å². The Kier molecular flexibility index (Phi) is 6.22. The third-order valence-electron chi connectivity index (χ3n) is 0.518. The quantitative estimate of drug-likeness (QED) is 0.207. The van der Waals surface area contributed by atoms with Crippen LogP contribution in [0.25, 0.3) is 0 Å².